The fourth-order valence-electron chi connectivity index (χ4n) is 2.52. The number of allylic oxidation sites excluding steroid dienone is 2. The van der Waals surface area contributed by atoms with Crippen LogP contribution in [0.5, 0.6) is 0 Å². The highest BCUT2D eigenvalue weighted by molar-refractivity contribution is 5.81. The number of carboxylic acid groups (broad SMARTS) is 1. The van der Waals surface area contributed by atoms with Crippen LogP contribution in [-0.4, -0.2) is 53.0 Å². The molecule has 1 aliphatic carbocycles. The molecule has 0 aromatic rings. The lowest BCUT2D eigenvalue weighted by Crippen LogP contribution is -2.45. The molecule has 0 bridgehead atoms. The SMILES string of the molecule is CCC(C(=O)O)N(C)CC(=O)N(CC)C1=CCCC1. The minimum atomic E-state index is -0.874. The summed E-state index contributed by atoms with van der Waals surface area (Å²) < 4.78 is 0. The number of hydrogen-bond donors (Lipinski definition) is 1. The van der Waals surface area contributed by atoms with Gasteiger partial charge in [-0.1, -0.05) is 13.0 Å². The zero-order chi connectivity index (χ0) is 14.4. The van der Waals surface area contributed by atoms with Gasteiger partial charge in [0.25, 0.3) is 0 Å². The molecule has 19 heavy (non-hydrogen) atoms. The highest BCUT2D eigenvalue weighted by atomic mass is 16.4. The van der Waals surface area contributed by atoms with Crippen molar-refractivity contribution in [1.29, 1.82) is 0 Å². The maximum atomic E-state index is 12.3. The van der Waals surface area contributed by atoms with Crippen LogP contribution in [0.2, 0.25) is 0 Å². The number of carboxylic acids is 1. The third-order valence-electron chi connectivity index (χ3n) is 3.57. The second-order valence-corrected chi connectivity index (χ2v) is 4.90. The van der Waals surface area contributed by atoms with Crippen molar-refractivity contribution in [3.63, 3.8) is 0 Å². The van der Waals surface area contributed by atoms with E-state index in [4.69, 9.17) is 5.11 Å². The van der Waals surface area contributed by atoms with Crippen molar-refractivity contribution >= 4 is 11.9 Å². The molecule has 1 atom stereocenters. The molecule has 0 aromatic carbocycles. The normalized spacial score (nSPS) is 16.3. The van der Waals surface area contributed by atoms with Gasteiger partial charge in [0.15, 0.2) is 0 Å². The zero-order valence-corrected chi connectivity index (χ0v) is 12.1. The van der Waals surface area contributed by atoms with Crippen molar-refractivity contribution in [1.82, 2.24) is 9.80 Å². The Morgan fingerprint density at radius 1 is 1.42 bits per heavy atom. The van der Waals surface area contributed by atoms with Gasteiger partial charge in [0.05, 0.1) is 6.54 Å². The van der Waals surface area contributed by atoms with Gasteiger partial charge >= 0.3 is 5.97 Å². The smallest absolute Gasteiger partial charge is 0.320 e. The van der Waals surface area contributed by atoms with Gasteiger partial charge in [-0.3, -0.25) is 14.5 Å². The maximum absolute atomic E-state index is 12.3. The number of carbonyl (C=O) groups excluding carboxylic acids is 1. The number of amides is 1. The Hall–Kier alpha value is -1.36. The topological polar surface area (TPSA) is 60.9 Å². The Morgan fingerprint density at radius 2 is 2.11 bits per heavy atom. The number of carbonyl (C=O) groups is 2. The molecule has 0 saturated carbocycles. The van der Waals surface area contributed by atoms with E-state index in [2.05, 4.69) is 6.08 Å². The minimum absolute atomic E-state index is 0.0159. The third kappa shape index (κ3) is 4.06. The van der Waals surface area contributed by atoms with Gasteiger partial charge in [-0.25, -0.2) is 0 Å². The molecule has 108 valence electrons. The molecule has 0 saturated heterocycles. The second-order valence-electron chi connectivity index (χ2n) is 4.90. The summed E-state index contributed by atoms with van der Waals surface area (Å²) in [5, 5.41) is 9.09. The molecule has 1 aliphatic rings. The number of rotatable bonds is 7. The monoisotopic (exact) mass is 268 g/mol. The van der Waals surface area contributed by atoms with Gasteiger partial charge in [0.1, 0.15) is 6.04 Å². The molecule has 0 heterocycles. The molecule has 1 rings (SSSR count). The highest BCUT2D eigenvalue weighted by Crippen LogP contribution is 2.21. The van der Waals surface area contributed by atoms with E-state index in [-0.39, 0.29) is 12.5 Å². The molecule has 0 radical (unpaired) electrons. The molecule has 1 N–H and O–H groups in total. The van der Waals surface area contributed by atoms with Crippen LogP contribution >= 0.6 is 0 Å². The molecule has 5 heteroatoms. The van der Waals surface area contributed by atoms with Crippen molar-refractivity contribution in [3.8, 4) is 0 Å². The van der Waals surface area contributed by atoms with E-state index in [0.29, 0.717) is 13.0 Å². The van der Waals surface area contributed by atoms with Crippen molar-refractivity contribution in [2.45, 2.75) is 45.6 Å². The summed E-state index contributed by atoms with van der Waals surface area (Å²) in [7, 11) is 1.69. The molecular formula is C14H24N2O3. The summed E-state index contributed by atoms with van der Waals surface area (Å²) in [5.41, 5.74) is 1.09. The molecule has 0 spiro atoms. The van der Waals surface area contributed by atoms with Gasteiger partial charge in [-0.15, -0.1) is 0 Å². The largest absolute Gasteiger partial charge is 0.480 e. The second kappa shape index (κ2) is 7.28. The van der Waals surface area contributed by atoms with Crippen molar-refractivity contribution < 1.29 is 14.7 Å². The van der Waals surface area contributed by atoms with E-state index in [1.165, 1.54) is 0 Å². The predicted molar refractivity (Wildman–Crippen MR) is 73.7 cm³/mol. The molecule has 0 aromatic heterocycles. The van der Waals surface area contributed by atoms with Crippen LogP contribution in [-0.2, 0) is 9.59 Å². The Labute approximate surface area is 114 Å². The van der Waals surface area contributed by atoms with E-state index < -0.39 is 12.0 Å². The highest BCUT2D eigenvalue weighted by Gasteiger charge is 2.25. The number of likely N-dealkylation sites (N-methyl/N-ethyl adjacent to an activating group) is 2. The molecule has 0 fully saturated rings. The van der Waals surface area contributed by atoms with Gasteiger partial charge in [-0.2, -0.15) is 0 Å². The fraction of sp³-hybridized carbons (Fsp3) is 0.714. The third-order valence-corrected chi connectivity index (χ3v) is 3.57. The van der Waals surface area contributed by atoms with Gasteiger partial charge in [0, 0.05) is 12.2 Å². The molecular weight excluding hydrogens is 244 g/mol. The van der Waals surface area contributed by atoms with E-state index >= 15 is 0 Å². The van der Waals surface area contributed by atoms with Crippen LogP contribution in [0.15, 0.2) is 11.8 Å². The van der Waals surface area contributed by atoms with Crippen LogP contribution in [0, 0.1) is 0 Å². The summed E-state index contributed by atoms with van der Waals surface area (Å²) in [6, 6.07) is -0.597. The van der Waals surface area contributed by atoms with Crippen LogP contribution in [0.3, 0.4) is 0 Å². The summed E-state index contributed by atoms with van der Waals surface area (Å²) in [6.07, 6.45) is 5.67. The summed E-state index contributed by atoms with van der Waals surface area (Å²) in [5.74, 6) is -0.890. The molecule has 1 amide bonds. The average Bonchev–Trinajstić information content (AvgIpc) is 2.83. The molecule has 0 aliphatic heterocycles. The van der Waals surface area contributed by atoms with E-state index in [1.807, 2.05) is 13.8 Å². The van der Waals surface area contributed by atoms with Crippen LogP contribution in [0.4, 0.5) is 0 Å². The fourth-order valence-corrected chi connectivity index (χ4v) is 2.52. The minimum Gasteiger partial charge on any atom is -0.480 e. The van der Waals surface area contributed by atoms with Gasteiger partial charge in [-0.05, 0) is 39.7 Å². The predicted octanol–water partition coefficient (Wildman–Crippen LogP) is 1.70. The number of aliphatic carboxylic acids is 1. The Morgan fingerprint density at radius 3 is 2.53 bits per heavy atom. The van der Waals surface area contributed by atoms with Crippen LogP contribution < -0.4 is 0 Å². The van der Waals surface area contributed by atoms with Crippen LogP contribution in [0.25, 0.3) is 0 Å². The van der Waals surface area contributed by atoms with E-state index in [1.54, 1.807) is 16.8 Å². The van der Waals surface area contributed by atoms with Crippen molar-refractivity contribution in [2.75, 3.05) is 20.1 Å². The maximum Gasteiger partial charge on any atom is 0.320 e. The number of hydrogen-bond acceptors (Lipinski definition) is 3. The van der Waals surface area contributed by atoms with Gasteiger partial charge < -0.3 is 10.0 Å². The van der Waals surface area contributed by atoms with Crippen molar-refractivity contribution in [2.24, 2.45) is 0 Å². The lowest BCUT2D eigenvalue weighted by atomic mass is 10.2. The van der Waals surface area contributed by atoms with E-state index in [0.717, 1.165) is 25.0 Å². The average molecular weight is 268 g/mol. The summed E-state index contributed by atoms with van der Waals surface area (Å²) in [6.45, 7) is 4.56. The molecule has 1 unspecified atom stereocenters. The van der Waals surface area contributed by atoms with Crippen molar-refractivity contribution in [3.05, 3.63) is 11.8 Å². The molecule has 5 nitrogen and oxygen atoms in total. The van der Waals surface area contributed by atoms with Crippen LogP contribution in [0.1, 0.15) is 39.5 Å². The Kier molecular flexibility index (Phi) is 6.02. The first-order valence-electron chi connectivity index (χ1n) is 6.93. The summed E-state index contributed by atoms with van der Waals surface area (Å²) >= 11 is 0. The quantitative estimate of drug-likeness (QED) is 0.763. The van der Waals surface area contributed by atoms with Gasteiger partial charge in [0.2, 0.25) is 5.91 Å². The summed E-state index contributed by atoms with van der Waals surface area (Å²) in [4.78, 5) is 26.7. The van der Waals surface area contributed by atoms with E-state index in [9.17, 15) is 9.59 Å². The standard InChI is InChI=1S/C14H24N2O3/c1-4-12(14(18)19)15(3)10-13(17)16(5-2)11-8-6-7-9-11/h8,12H,4-7,9-10H2,1-3H3,(H,18,19). The Balaban J connectivity index is 2.63. The first-order chi connectivity index (χ1) is 9.01. The number of nitrogens with zero attached hydrogens (tertiary/aromatic N) is 2. The lowest BCUT2D eigenvalue weighted by molar-refractivity contribution is -0.144. The Bertz CT molecular complexity index is 366. The first kappa shape index (κ1) is 15.7. The lowest BCUT2D eigenvalue weighted by Gasteiger charge is -2.28. The first-order valence-corrected chi connectivity index (χ1v) is 6.93. The zero-order valence-electron chi connectivity index (χ0n) is 12.1.